The maximum Gasteiger partial charge on any atom is 0.121 e. The first-order valence-corrected chi connectivity index (χ1v) is 4.71. The summed E-state index contributed by atoms with van der Waals surface area (Å²) >= 11 is 0. The van der Waals surface area contributed by atoms with E-state index in [0.29, 0.717) is 6.42 Å². The van der Waals surface area contributed by atoms with Gasteiger partial charge in [0, 0.05) is 0 Å². The zero-order valence-electron chi connectivity index (χ0n) is 8.16. The Morgan fingerprint density at radius 1 is 1.43 bits per heavy atom. The van der Waals surface area contributed by atoms with Crippen molar-refractivity contribution >= 4 is 12.4 Å². The van der Waals surface area contributed by atoms with E-state index >= 15 is 0 Å². The molecule has 3 heteroatoms. The quantitative estimate of drug-likeness (QED) is 0.760. The van der Waals surface area contributed by atoms with Crippen LogP contribution in [0.15, 0.2) is 24.3 Å². The molecule has 1 aromatic carbocycles. The van der Waals surface area contributed by atoms with Gasteiger partial charge in [-0.05, 0) is 25.5 Å². The minimum Gasteiger partial charge on any atom is -0.307 e. The summed E-state index contributed by atoms with van der Waals surface area (Å²) in [6.45, 7) is 2.82. The zero-order chi connectivity index (χ0) is 9.26. The third kappa shape index (κ3) is 2.25. The molecule has 1 fully saturated rings. The van der Waals surface area contributed by atoms with E-state index in [1.165, 1.54) is 5.56 Å². The first-order chi connectivity index (χ1) is 6.27. The minimum absolute atomic E-state index is 0. The van der Waals surface area contributed by atoms with Gasteiger partial charge in [0.1, 0.15) is 6.17 Å². The lowest BCUT2D eigenvalue weighted by Gasteiger charge is -2.13. The van der Waals surface area contributed by atoms with Gasteiger partial charge in [0.2, 0.25) is 0 Å². The topological polar surface area (TPSA) is 12.0 Å². The number of hydrogen-bond donors (Lipinski definition) is 1. The summed E-state index contributed by atoms with van der Waals surface area (Å²) in [4.78, 5) is 0. The molecular weight excluding hydrogens is 201 g/mol. The molecule has 0 radical (unpaired) electrons. The molecule has 0 aliphatic carbocycles. The standard InChI is InChI=1S/C11H14FN.ClH/c1-8-3-2-4-9(7-8)11-10(12)5-6-13-11;/h2-4,7,10-11,13H,5-6H2,1H3;1H. The van der Waals surface area contributed by atoms with Crippen molar-refractivity contribution in [2.24, 2.45) is 0 Å². The molecular formula is C11H15ClFN. The van der Waals surface area contributed by atoms with Crippen LogP contribution in [0, 0.1) is 6.92 Å². The van der Waals surface area contributed by atoms with E-state index in [2.05, 4.69) is 11.4 Å². The number of rotatable bonds is 1. The molecule has 1 saturated heterocycles. The Morgan fingerprint density at radius 2 is 2.21 bits per heavy atom. The van der Waals surface area contributed by atoms with Gasteiger partial charge in [0.05, 0.1) is 6.04 Å². The molecule has 1 heterocycles. The number of alkyl halides is 1. The number of aryl methyl sites for hydroxylation is 1. The van der Waals surface area contributed by atoms with E-state index < -0.39 is 6.17 Å². The van der Waals surface area contributed by atoms with Crippen molar-refractivity contribution in [2.45, 2.75) is 25.6 Å². The highest BCUT2D eigenvalue weighted by atomic mass is 35.5. The first kappa shape index (κ1) is 11.5. The molecule has 0 aromatic heterocycles. The zero-order valence-corrected chi connectivity index (χ0v) is 8.98. The number of benzene rings is 1. The average molecular weight is 216 g/mol. The maximum absolute atomic E-state index is 13.3. The predicted molar refractivity (Wildman–Crippen MR) is 58.7 cm³/mol. The maximum atomic E-state index is 13.3. The Morgan fingerprint density at radius 3 is 2.79 bits per heavy atom. The SMILES string of the molecule is Cc1cccc(C2NCCC2F)c1.Cl. The van der Waals surface area contributed by atoms with Gasteiger partial charge in [-0.2, -0.15) is 0 Å². The van der Waals surface area contributed by atoms with Crippen molar-refractivity contribution in [2.75, 3.05) is 6.54 Å². The summed E-state index contributed by atoms with van der Waals surface area (Å²) in [5.41, 5.74) is 2.27. The number of hydrogen-bond acceptors (Lipinski definition) is 1. The Hall–Kier alpha value is -0.600. The smallest absolute Gasteiger partial charge is 0.121 e. The van der Waals surface area contributed by atoms with Gasteiger partial charge in [-0.25, -0.2) is 4.39 Å². The van der Waals surface area contributed by atoms with E-state index in [9.17, 15) is 4.39 Å². The fourth-order valence-corrected chi connectivity index (χ4v) is 1.86. The summed E-state index contributed by atoms with van der Waals surface area (Å²) in [7, 11) is 0. The fraction of sp³-hybridized carbons (Fsp3) is 0.455. The van der Waals surface area contributed by atoms with Crippen LogP contribution in [0.3, 0.4) is 0 Å². The Labute approximate surface area is 90.1 Å². The lowest BCUT2D eigenvalue weighted by atomic mass is 10.0. The molecule has 0 saturated carbocycles. The summed E-state index contributed by atoms with van der Waals surface area (Å²) in [6, 6.07) is 7.97. The molecule has 2 unspecified atom stereocenters. The van der Waals surface area contributed by atoms with E-state index in [0.717, 1.165) is 12.1 Å². The van der Waals surface area contributed by atoms with Crippen molar-refractivity contribution in [3.05, 3.63) is 35.4 Å². The normalized spacial score (nSPS) is 25.9. The van der Waals surface area contributed by atoms with Gasteiger partial charge < -0.3 is 5.32 Å². The number of nitrogens with one attached hydrogen (secondary N) is 1. The third-order valence-corrected chi connectivity index (χ3v) is 2.55. The third-order valence-electron chi connectivity index (χ3n) is 2.55. The van der Waals surface area contributed by atoms with Gasteiger partial charge in [-0.3, -0.25) is 0 Å². The average Bonchev–Trinajstić information content (AvgIpc) is 2.51. The minimum atomic E-state index is -0.721. The van der Waals surface area contributed by atoms with Crippen LogP contribution in [-0.2, 0) is 0 Å². The predicted octanol–water partition coefficient (Wildman–Crippen LogP) is 2.79. The monoisotopic (exact) mass is 215 g/mol. The van der Waals surface area contributed by atoms with Crippen LogP contribution in [0.1, 0.15) is 23.6 Å². The van der Waals surface area contributed by atoms with E-state index in [1.807, 2.05) is 25.1 Å². The van der Waals surface area contributed by atoms with Crippen molar-refractivity contribution in [1.82, 2.24) is 5.32 Å². The van der Waals surface area contributed by atoms with Crippen molar-refractivity contribution in [1.29, 1.82) is 0 Å². The molecule has 2 rings (SSSR count). The molecule has 1 N–H and O–H groups in total. The second-order valence-corrected chi connectivity index (χ2v) is 3.65. The van der Waals surface area contributed by atoms with Crippen LogP contribution in [0.5, 0.6) is 0 Å². The first-order valence-electron chi connectivity index (χ1n) is 4.71. The Kier molecular flexibility index (Phi) is 3.90. The van der Waals surface area contributed by atoms with Crippen molar-refractivity contribution < 1.29 is 4.39 Å². The van der Waals surface area contributed by atoms with Crippen LogP contribution in [0.4, 0.5) is 4.39 Å². The summed E-state index contributed by atoms with van der Waals surface area (Å²) < 4.78 is 13.3. The molecule has 0 bridgehead atoms. The van der Waals surface area contributed by atoms with Crippen LogP contribution in [0.25, 0.3) is 0 Å². The molecule has 1 aliphatic heterocycles. The van der Waals surface area contributed by atoms with Crippen molar-refractivity contribution in [3.8, 4) is 0 Å². The largest absolute Gasteiger partial charge is 0.307 e. The van der Waals surface area contributed by atoms with Gasteiger partial charge in [-0.15, -0.1) is 12.4 Å². The van der Waals surface area contributed by atoms with Crippen molar-refractivity contribution in [3.63, 3.8) is 0 Å². The summed E-state index contributed by atoms with van der Waals surface area (Å²) in [6.07, 6.45) is -0.0830. The van der Waals surface area contributed by atoms with Gasteiger partial charge in [0.25, 0.3) is 0 Å². The molecule has 1 aromatic rings. The van der Waals surface area contributed by atoms with Crippen LogP contribution < -0.4 is 5.32 Å². The molecule has 0 spiro atoms. The molecule has 14 heavy (non-hydrogen) atoms. The Balaban J connectivity index is 0.000000980. The van der Waals surface area contributed by atoms with E-state index in [4.69, 9.17) is 0 Å². The van der Waals surface area contributed by atoms with Gasteiger partial charge in [0.15, 0.2) is 0 Å². The highest BCUT2D eigenvalue weighted by Crippen LogP contribution is 2.26. The molecule has 2 atom stereocenters. The second-order valence-electron chi connectivity index (χ2n) is 3.65. The fourth-order valence-electron chi connectivity index (χ4n) is 1.86. The van der Waals surface area contributed by atoms with E-state index in [1.54, 1.807) is 0 Å². The number of halogens is 2. The van der Waals surface area contributed by atoms with Gasteiger partial charge in [-0.1, -0.05) is 29.8 Å². The second kappa shape index (κ2) is 4.76. The van der Waals surface area contributed by atoms with Crippen LogP contribution in [0.2, 0.25) is 0 Å². The summed E-state index contributed by atoms with van der Waals surface area (Å²) in [5, 5.41) is 3.17. The lowest BCUT2D eigenvalue weighted by molar-refractivity contribution is 0.304. The molecule has 1 nitrogen and oxygen atoms in total. The molecule has 1 aliphatic rings. The van der Waals surface area contributed by atoms with Gasteiger partial charge >= 0.3 is 0 Å². The van der Waals surface area contributed by atoms with E-state index in [-0.39, 0.29) is 18.4 Å². The molecule has 78 valence electrons. The van der Waals surface area contributed by atoms with Crippen LogP contribution >= 0.6 is 12.4 Å². The molecule has 0 amide bonds. The van der Waals surface area contributed by atoms with Crippen LogP contribution in [-0.4, -0.2) is 12.7 Å². The Bertz CT molecular complexity index is 303. The highest BCUT2D eigenvalue weighted by Gasteiger charge is 2.27. The lowest BCUT2D eigenvalue weighted by Crippen LogP contribution is -2.18. The summed E-state index contributed by atoms with van der Waals surface area (Å²) in [5.74, 6) is 0. The highest BCUT2D eigenvalue weighted by molar-refractivity contribution is 5.85.